The first-order valence-electron chi connectivity index (χ1n) is 6.72. The van der Waals surface area contributed by atoms with Gasteiger partial charge < -0.3 is 5.73 Å². The molecule has 1 aliphatic rings. The molecule has 1 atom stereocenters. The molecule has 0 saturated heterocycles. The van der Waals surface area contributed by atoms with Gasteiger partial charge in [0.1, 0.15) is 0 Å². The second kappa shape index (κ2) is 6.13. The van der Waals surface area contributed by atoms with Gasteiger partial charge in [-0.25, -0.2) is 0 Å². The normalized spacial score (nSPS) is 19.4. The molecule has 1 unspecified atom stereocenters. The van der Waals surface area contributed by atoms with Gasteiger partial charge in [0.2, 0.25) is 0 Å². The Kier molecular flexibility index (Phi) is 4.66. The highest BCUT2D eigenvalue weighted by Crippen LogP contribution is 2.40. The lowest BCUT2D eigenvalue weighted by atomic mass is 9.97. The molecule has 0 spiro atoms. The van der Waals surface area contributed by atoms with Gasteiger partial charge in [-0.2, -0.15) is 13.2 Å². The SMILES string of the molecule is CCCCC1SC(N)=C(c2cccc(C(F)(F)F)c2)C1=O. The van der Waals surface area contributed by atoms with E-state index >= 15 is 0 Å². The van der Waals surface area contributed by atoms with Gasteiger partial charge in [0.25, 0.3) is 0 Å². The van der Waals surface area contributed by atoms with Crippen molar-refractivity contribution in [3.05, 3.63) is 40.4 Å². The molecule has 114 valence electrons. The number of thioether (sulfide) groups is 1. The summed E-state index contributed by atoms with van der Waals surface area (Å²) in [6, 6.07) is 4.78. The van der Waals surface area contributed by atoms with Crippen molar-refractivity contribution in [1.29, 1.82) is 0 Å². The Morgan fingerprint density at radius 3 is 2.67 bits per heavy atom. The maximum absolute atomic E-state index is 12.8. The van der Waals surface area contributed by atoms with Crippen LogP contribution in [0.15, 0.2) is 29.3 Å². The van der Waals surface area contributed by atoms with Gasteiger partial charge >= 0.3 is 6.18 Å². The first-order chi connectivity index (χ1) is 9.84. The Balaban J connectivity index is 2.30. The Labute approximate surface area is 125 Å². The van der Waals surface area contributed by atoms with Crippen LogP contribution in [0.5, 0.6) is 0 Å². The summed E-state index contributed by atoms with van der Waals surface area (Å²) in [4.78, 5) is 12.3. The number of unbranched alkanes of at least 4 members (excludes halogenated alkanes) is 1. The number of rotatable bonds is 4. The number of nitrogens with two attached hydrogens (primary N) is 1. The number of Topliss-reactive ketones (excluding diaryl/α,β-unsaturated/α-hetero) is 1. The summed E-state index contributed by atoms with van der Waals surface area (Å²) in [6.07, 6.45) is -1.87. The van der Waals surface area contributed by atoms with Crippen molar-refractivity contribution in [3.63, 3.8) is 0 Å². The van der Waals surface area contributed by atoms with Crippen LogP contribution in [0, 0.1) is 0 Å². The van der Waals surface area contributed by atoms with E-state index in [1.807, 2.05) is 6.92 Å². The van der Waals surface area contributed by atoms with Crippen molar-refractivity contribution in [2.75, 3.05) is 0 Å². The number of benzene rings is 1. The van der Waals surface area contributed by atoms with Crippen LogP contribution in [0.2, 0.25) is 0 Å². The molecule has 1 heterocycles. The number of carbonyl (C=O) groups excluding carboxylic acids is 1. The van der Waals surface area contributed by atoms with Crippen molar-refractivity contribution in [2.24, 2.45) is 5.73 Å². The van der Waals surface area contributed by atoms with Gasteiger partial charge in [0.05, 0.1) is 21.4 Å². The van der Waals surface area contributed by atoms with Gasteiger partial charge in [-0.1, -0.05) is 43.7 Å². The minimum absolute atomic E-state index is 0.162. The minimum atomic E-state index is -4.43. The number of hydrogen-bond acceptors (Lipinski definition) is 3. The van der Waals surface area contributed by atoms with Crippen molar-refractivity contribution in [2.45, 2.75) is 37.6 Å². The van der Waals surface area contributed by atoms with Crippen LogP contribution in [-0.2, 0) is 11.0 Å². The second-order valence-corrected chi connectivity index (χ2v) is 6.18. The average molecular weight is 315 g/mol. The molecule has 0 aromatic heterocycles. The Hall–Kier alpha value is -1.43. The maximum atomic E-state index is 12.8. The van der Waals surface area contributed by atoms with Crippen LogP contribution in [0.1, 0.15) is 37.3 Å². The molecule has 2 nitrogen and oxygen atoms in total. The zero-order chi connectivity index (χ0) is 15.6. The molecule has 0 radical (unpaired) electrons. The Bertz CT molecular complexity index is 581. The summed E-state index contributed by atoms with van der Waals surface area (Å²) in [6.45, 7) is 2.02. The molecular weight excluding hydrogens is 299 g/mol. The van der Waals surface area contributed by atoms with Gasteiger partial charge in [-0.05, 0) is 24.1 Å². The van der Waals surface area contributed by atoms with E-state index < -0.39 is 11.7 Å². The molecule has 21 heavy (non-hydrogen) atoms. The fourth-order valence-corrected chi connectivity index (χ4v) is 3.42. The predicted molar refractivity (Wildman–Crippen MR) is 78.5 cm³/mol. The molecule has 0 saturated carbocycles. The van der Waals surface area contributed by atoms with Crippen molar-refractivity contribution < 1.29 is 18.0 Å². The lowest BCUT2D eigenvalue weighted by molar-refractivity contribution is -0.137. The quantitative estimate of drug-likeness (QED) is 0.905. The summed E-state index contributed by atoms with van der Waals surface area (Å²) >= 11 is 1.26. The van der Waals surface area contributed by atoms with Gasteiger partial charge in [0.15, 0.2) is 5.78 Å². The van der Waals surface area contributed by atoms with E-state index in [2.05, 4.69) is 0 Å². The molecule has 0 bridgehead atoms. The average Bonchev–Trinajstić information content (AvgIpc) is 2.70. The van der Waals surface area contributed by atoms with E-state index in [0.29, 0.717) is 11.4 Å². The molecule has 2 N–H and O–H groups in total. The van der Waals surface area contributed by atoms with Crippen molar-refractivity contribution >= 4 is 23.1 Å². The number of halogens is 3. The van der Waals surface area contributed by atoms with Gasteiger partial charge in [-0.3, -0.25) is 4.79 Å². The van der Waals surface area contributed by atoms with Crippen LogP contribution >= 0.6 is 11.8 Å². The zero-order valence-electron chi connectivity index (χ0n) is 11.5. The number of hydrogen-bond donors (Lipinski definition) is 1. The third kappa shape index (κ3) is 3.43. The summed E-state index contributed by atoms with van der Waals surface area (Å²) in [5.41, 5.74) is 5.57. The fourth-order valence-electron chi connectivity index (χ4n) is 2.26. The monoisotopic (exact) mass is 315 g/mol. The number of allylic oxidation sites excluding steroid dienone is 1. The fraction of sp³-hybridized carbons (Fsp3) is 0.400. The topological polar surface area (TPSA) is 43.1 Å². The largest absolute Gasteiger partial charge is 0.416 e. The highest BCUT2D eigenvalue weighted by Gasteiger charge is 2.35. The molecule has 1 aromatic rings. The van der Waals surface area contributed by atoms with Crippen LogP contribution in [0.25, 0.3) is 5.57 Å². The number of carbonyl (C=O) groups is 1. The first kappa shape index (κ1) is 15.9. The number of ketones is 1. The lowest BCUT2D eigenvalue weighted by Crippen LogP contribution is -2.14. The molecule has 2 rings (SSSR count). The summed E-state index contributed by atoms with van der Waals surface area (Å²) < 4.78 is 38.3. The van der Waals surface area contributed by atoms with E-state index in [4.69, 9.17) is 5.73 Å². The van der Waals surface area contributed by atoms with Crippen LogP contribution < -0.4 is 5.73 Å². The lowest BCUT2D eigenvalue weighted by Gasteiger charge is -2.10. The number of alkyl halides is 3. The minimum Gasteiger partial charge on any atom is -0.393 e. The molecule has 0 fully saturated rings. The van der Waals surface area contributed by atoms with E-state index in [9.17, 15) is 18.0 Å². The Morgan fingerprint density at radius 2 is 2.05 bits per heavy atom. The molecule has 1 aliphatic heterocycles. The Morgan fingerprint density at radius 1 is 1.33 bits per heavy atom. The maximum Gasteiger partial charge on any atom is 0.416 e. The van der Waals surface area contributed by atoms with Crippen LogP contribution in [0.3, 0.4) is 0 Å². The second-order valence-electron chi connectivity index (χ2n) is 4.93. The predicted octanol–water partition coefficient (Wildman–Crippen LogP) is 4.21. The van der Waals surface area contributed by atoms with E-state index in [1.54, 1.807) is 0 Å². The standard InChI is InChI=1S/C15H16F3NOS/c1-2-3-7-11-13(20)12(14(19)21-11)9-5-4-6-10(8-9)15(16,17)18/h4-6,8,11H,2-3,7,19H2,1H3. The first-order valence-corrected chi connectivity index (χ1v) is 7.60. The van der Waals surface area contributed by atoms with Crippen LogP contribution in [-0.4, -0.2) is 11.0 Å². The van der Waals surface area contributed by atoms with E-state index in [0.717, 1.165) is 25.0 Å². The third-order valence-electron chi connectivity index (χ3n) is 3.35. The van der Waals surface area contributed by atoms with Crippen molar-refractivity contribution in [3.8, 4) is 0 Å². The summed E-state index contributed by atoms with van der Waals surface area (Å²) in [5, 5.41) is 0.0509. The molecule has 1 aromatic carbocycles. The molecule has 0 aliphatic carbocycles. The van der Waals surface area contributed by atoms with E-state index in [1.165, 1.54) is 23.9 Å². The molecule has 0 amide bonds. The smallest absolute Gasteiger partial charge is 0.393 e. The van der Waals surface area contributed by atoms with Gasteiger partial charge in [-0.15, -0.1) is 0 Å². The van der Waals surface area contributed by atoms with Gasteiger partial charge in [0, 0.05) is 0 Å². The van der Waals surface area contributed by atoms with Crippen molar-refractivity contribution in [1.82, 2.24) is 0 Å². The highest BCUT2D eigenvalue weighted by atomic mass is 32.2. The molecular formula is C15H16F3NOS. The molecule has 6 heteroatoms. The summed E-state index contributed by atoms with van der Waals surface area (Å²) in [7, 11) is 0. The van der Waals surface area contributed by atoms with E-state index in [-0.39, 0.29) is 22.2 Å². The summed E-state index contributed by atoms with van der Waals surface area (Å²) in [5.74, 6) is -0.162. The highest BCUT2D eigenvalue weighted by molar-refractivity contribution is 8.05. The zero-order valence-corrected chi connectivity index (χ0v) is 12.4. The van der Waals surface area contributed by atoms with Crippen LogP contribution in [0.4, 0.5) is 13.2 Å². The third-order valence-corrected chi connectivity index (χ3v) is 4.55.